The maximum absolute atomic E-state index is 9.89. The molecule has 6 heteroatoms. The number of hydrogen-bond acceptors (Lipinski definition) is 4. The minimum Gasteiger partial charge on any atom is -0.544 e. The molecule has 3 N–H and O–H groups in total. The highest BCUT2D eigenvalue weighted by Crippen LogP contribution is 1.91. The Balaban J connectivity index is 0. The van der Waals surface area contributed by atoms with E-state index in [1.807, 2.05) is 0 Å². The standard InChI is InChI=1S/2C5H11NO2/c1-6(2,3)4-5(7)8;1-4(6)2-3-5(7)8/h4H2,1-3H3;4H,2-3,6H2,1H3,(H,7,8). The Morgan fingerprint density at radius 1 is 1.38 bits per heavy atom. The predicted molar refractivity (Wildman–Crippen MR) is 58.4 cm³/mol. The van der Waals surface area contributed by atoms with Crippen molar-refractivity contribution in [2.45, 2.75) is 25.8 Å². The molecular formula is C10H22N2O4. The van der Waals surface area contributed by atoms with Gasteiger partial charge in [0.1, 0.15) is 6.54 Å². The number of carbonyl (C=O) groups excluding carboxylic acids is 1. The summed E-state index contributed by atoms with van der Waals surface area (Å²) in [6.07, 6.45) is 0.743. The highest BCUT2D eigenvalue weighted by molar-refractivity contribution is 5.66. The van der Waals surface area contributed by atoms with E-state index in [0.29, 0.717) is 10.9 Å². The van der Waals surface area contributed by atoms with E-state index in [2.05, 4.69) is 0 Å². The van der Waals surface area contributed by atoms with Gasteiger partial charge in [-0.15, -0.1) is 0 Å². The molecule has 0 aliphatic rings. The summed E-state index contributed by atoms with van der Waals surface area (Å²) in [5.41, 5.74) is 5.28. The van der Waals surface area contributed by atoms with Gasteiger partial charge >= 0.3 is 5.97 Å². The zero-order valence-electron chi connectivity index (χ0n) is 10.4. The molecule has 96 valence electrons. The molecule has 16 heavy (non-hydrogen) atoms. The van der Waals surface area contributed by atoms with E-state index >= 15 is 0 Å². The number of carbonyl (C=O) groups is 2. The SMILES string of the molecule is CC(N)CCC(=O)O.C[N+](C)(C)CC(=O)[O-]. The highest BCUT2D eigenvalue weighted by atomic mass is 16.4. The molecule has 0 bridgehead atoms. The molecule has 0 fully saturated rings. The number of carboxylic acid groups (broad SMARTS) is 2. The van der Waals surface area contributed by atoms with Crippen LogP contribution in [0, 0.1) is 0 Å². The van der Waals surface area contributed by atoms with Crippen LogP contribution in [0.1, 0.15) is 19.8 Å². The fourth-order valence-electron chi connectivity index (χ4n) is 0.738. The van der Waals surface area contributed by atoms with Crippen LogP contribution in [0.5, 0.6) is 0 Å². The van der Waals surface area contributed by atoms with E-state index in [4.69, 9.17) is 10.8 Å². The van der Waals surface area contributed by atoms with Gasteiger partial charge in [-0.3, -0.25) is 4.79 Å². The van der Waals surface area contributed by atoms with Gasteiger partial charge in [-0.2, -0.15) is 0 Å². The Hall–Kier alpha value is -1.14. The van der Waals surface area contributed by atoms with Gasteiger partial charge in [-0.05, 0) is 13.3 Å². The van der Waals surface area contributed by atoms with Crippen LogP contribution in [-0.2, 0) is 9.59 Å². The van der Waals surface area contributed by atoms with Crippen molar-refractivity contribution in [2.75, 3.05) is 27.7 Å². The largest absolute Gasteiger partial charge is 0.544 e. The molecule has 0 rings (SSSR count). The minimum atomic E-state index is -1.00. The molecule has 0 radical (unpaired) electrons. The summed E-state index contributed by atoms with van der Waals surface area (Å²) in [5, 5.41) is 18.0. The normalized spacial score (nSPS) is 12.3. The molecule has 1 atom stereocenters. The van der Waals surface area contributed by atoms with Crippen LogP contribution >= 0.6 is 0 Å². The van der Waals surface area contributed by atoms with Gasteiger partial charge < -0.3 is 25.2 Å². The van der Waals surface area contributed by atoms with Gasteiger partial charge in [0.05, 0.1) is 27.1 Å². The van der Waals surface area contributed by atoms with Crippen LogP contribution in [-0.4, -0.2) is 55.3 Å². The van der Waals surface area contributed by atoms with Crippen LogP contribution in [0.4, 0.5) is 0 Å². The first-order chi connectivity index (χ1) is 7.04. The smallest absolute Gasteiger partial charge is 0.303 e. The monoisotopic (exact) mass is 234 g/mol. The zero-order chi connectivity index (χ0) is 13.4. The number of aliphatic carboxylic acids is 2. The lowest BCUT2D eigenvalue weighted by atomic mass is 10.2. The van der Waals surface area contributed by atoms with Crippen molar-refractivity contribution in [1.29, 1.82) is 0 Å². The first kappa shape index (κ1) is 17.3. The Morgan fingerprint density at radius 2 is 1.81 bits per heavy atom. The van der Waals surface area contributed by atoms with E-state index in [1.54, 1.807) is 28.1 Å². The molecule has 0 aromatic rings. The lowest BCUT2D eigenvalue weighted by Crippen LogP contribution is -2.45. The fraction of sp³-hybridized carbons (Fsp3) is 0.800. The van der Waals surface area contributed by atoms with Crippen molar-refractivity contribution in [3.8, 4) is 0 Å². The number of likely N-dealkylation sites (N-methyl/N-ethyl adjacent to an activating group) is 1. The Bertz CT molecular complexity index is 221. The third-order valence-corrected chi connectivity index (χ3v) is 1.42. The van der Waals surface area contributed by atoms with Crippen molar-refractivity contribution < 1.29 is 24.3 Å². The number of hydrogen-bond donors (Lipinski definition) is 2. The summed E-state index contributed by atoms with van der Waals surface area (Å²) in [6.45, 7) is 1.86. The summed E-state index contributed by atoms with van der Waals surface area (Å²) < 4.78 is 0.419. The summed E-state index contributed by atoms with van der Waals surface area (Å²) in [4.78, 5) is 19.7. The van der Waals surface area contributed by atoms with E-state index in [-0.39, 0.29) is 19.0 Å². The number of nitrogens with zero attached hydrogens (tertiary/aromatic N) is 1. The van der Waals surface area contributed by atoms with Crippen LogP contribution in [0.2, 0.25) is 0 Å². The van der Waals surface area contributed by atoms with E-state index in [0.717, 1.165) is 0 Å². The number of rotatable bonds is 5. The van der Waals surface area contributed by atoms with Crippen molar-refractivity contribution in [3.63, 3.8) is 0 Å². The zero-order valence-corrected chi connectivity index (χ0v) is 10.4. The first-order valence-electron chi connectivity index (χ1n) is 5.02. The molecule has 0 saturated heterocycles. The molecule has 0 heterocycles. The van der Waals surface area contributed by atoms with E-state index in [9.17, 15) is 14.7 Å². The highest BCUT2D eigenvalue weighted by Gasteiger charge is 2.04. The van der Waals surface area contributed by atoms with E-state index < -0.39 is 11.9 Å². The van der Waals surface area contributed by atoms with Gasteiger partial charge in [-0.25, -0.2) is 0 Å². The molecule has 0 aromatic heterocycles. The second-order valence-electron chi connectivity index (χ2n) is 4.73. The molecule has 6 nitrogen and oxygen atoms in total. The lowest BCUT2D eigenvalue weighted by Gasteiger charge is -2.23. The maximum Gasteiger partial charge on any atom is 0.303 e. The molecule has 0 amide bonds. The van der Waals surface area contributed by atoms with Gasteiger partial charge in [0.25, 0.3) is 0 Å². The first-order valence-corrected chi connectivity index (χ1v) is 5.02. The Labute approximate surface area is 96.3 Å². The molecule has 0 aromatic carbocycles. The number of carboxylic acids is 2. The van der Waals surface area contributed by atoms with Gasteiger partial charge in [0, 0.05) is 12.5 Å². The number of quaternary nitrogens is 1. The third-order valence-electron chi connectivity index (χ3n) is 1.42. The summed E-state index contributed by atoms with van der Waals surface area (Å²) in [7, 11) is 5.40. The summed E-state index contributed by atoms with van der Waals surface area (Å²) in [5.74, 6) is -1.78. The topological polar surface area (TPSA) is 103 Å². The molecular weight excluding hydrogens is 212 g/mol. The van der Waals surface area contributed by atoms with Crippen molar-refractivity contribution >= 4 is 11.9 Å². The molecule has 0 spiro atoms. The van der Waals surface area contributed by atoms with Crippen molar-refractivity contribution in [1.82, 2.24) is 0 Å². The van der Waals surface area contributed by atoms with Crippen molar-refractivity contribution in [2.24, 2.45) is 5.73 Å². The quantitative estimate of drug-likeness (QED) is 0.572. The molecule has 0 saturated carbocycles. The second kappa shape index (κ2) is 8.06. The van der Waals surface area contributed by atoms with Gasteiger partial charge in [0.15, 0.2) is 0 Å². The van der Waals surface area contributed by atoms with Crippen molar-refractivity contribution in [3.05, 3.63) is 0 Å². The maximum atomic E-state index is 9.89. The Morgan fingerprint density at radius 3 is 1.88 bits per heavy atom. The van der Waals surface area contributed by atoms with Gasteiger partial charge in [-0.1, -0.05) is 0 Å². The summed E-state index contributed by atoms with van der Waals surface area (Å²) >= 11 is 0. The predicted octanol–water partition coefficient (Wildman–Crippen LogP) is -1.36. The van der Waals surface area contributed by atoms with Crippen LogP contribution in [0.3, 0.4) is 0 Å². The third kappa shape index (κ3) is 23.0. The van der Waals surface area contributed by atoms with Crippen LogP contribution < -0.4 is 10.8 Å². The minimum absolute atomic E-state index is 0.00565. The molecule has 0 aliphatic carbocycles. The van der Waals surface area contributed by atoms with Gasteiger partial charge in [0.2, 0.25) is 0 Å². The average molecular weight is 234 g/mol. The molecule has 0 aliphatic heterocycles. The van der Waals surface area contributed by atoms with E-state index in [1.165, 1.54) is 0 Å². The fourth-order valence-corrected chi connectivity index (χ4v) is 0.738. The second-order valence-corrected chi connectivity index (χ2v) is 4.73. The molecule has 1 unspecified atom stereocenters. The lowest BCUT2D eigenvalue weighted by molar-refractivity contribution is -0.864. The number of nitrogens with two attached hydrogens (primary N) is 1. The summed E-state index contributed by atoms with van der Waals surface area (Å²) in [6, 6.07) is 0.00565. The Kier molecular flexibility index (Phi) is 8.70. The average Bonchev–Trinajstić information content (AvgIpc) is 1.96. The van der Waals surface area contributed by atoms with Crippen LogP contribution in [0.15, 0.2) is 0 Å². The van der Waals surface area contributed by atoms with Crippen LogP contribution in [0.25, 0.3) is 0 Å².